The van der Waals surface area contributed by atoms with Crippen molar-refractivity contribution >= 4 is 23.5 Å². The van der Waals surface area contributed by atoms with Crippen LogP contribution in [-0.4, -0.2) is 45.5 Å². The minimum Gasteiger partial charge on any atom is -0.478 e. The van der Waals surface area contributed by atoms with Crippen LogP contribution >= 0.6 is 0 Å². The van der Waals surface area contributed by atoms with Gasteiger partial charge < -0.3 is 15.3 Å². The third kappa shape index (κ3) is 3.96. The first-order valence-electron chi connectivity index (χ1n) is 6.02. The van der Waals surface area contributed by atoms with Crippen LogP contribution in [0, 0.1) is 0 Å². The largest absolute Gasteiger partial charge is 0.478 e. The van der Waals surface area contributed by atoms with Crippen LogP contribution in [0.4, 0.5) is 11.6 Å². The predicted molar refractivity (Wildman–Crippen MR) is 75.1 cm³/mol. The minimum absolute atomic E-state index is 0.00699. The van der Waals surface area contributed by atoms with Crippen LogP contribution in [-0.2, 0) is 4.79 Å². The average Bonchev–Trinajstić information content (AvgIpc) is 2.48. The van der Waals surface area contributed by atoms with Crippen LogP contribution < -0.4 is 10.2 Å². The Hall–Kier alpha value is -3.03. The lowest BCUT2D eigenvalue weighted by Gasteiger charge is -2.16. The molecule has 2 N–H and O–H groups in total. The first-order valence-corrected chi connectivity index (χ1v) is 6.02. The van der Waals surface area contributed by atoms with Gasteiger partial charge in [0.05, 0.1) is 24.0 Å². The van der Waals surface area contributed by atoms with Crippen molar-refractivity contribution in [2.24, 2.45) is 0 Å². The fourth-order valence-electron chi connectivity index (χ4n) is 1.60. The number of aromatic nitrogens is 3. The molecule has 0 bridgehead atoms. The Labute approximate surface area is 120 Å². The van der Waals surface area contributed by atoms with Gasteiger partial charge in [-0.3, -0.25) is 9.78 Å². The lowest BCUT2D eigenvalue weighted by Crippen LogP contribution is -2.31. The van der Waals surface area contributed by atoms with Crippen molar-refractivity contribution in [2.45, 2.75) is 0 Å². The number of carbonyl (C=O) groups excluding carboxylic acids is 1. The Bertz CT molecular complexity index is 647. The van der Waals surface area contributed by atoms with E-state index in [2.05, 4.69) is 20.3 Å². The zero-order valence-corrected chi connectivity index (χ0v) is 11.2. The van der Waals surface area contributed by atoms with E-state index in [1.165, 1.54) is 18.5 Å². The lowest BCUT2D eigenvalue weighted by molar-refractivity contribution is -0.114. The average molecular weight is 287 g/mol. The maximum Gasteiger partial charge on any atom is 0.337 e. The number of pyridine rings is 1. The Morgan fingerprint density at radius 2 is 2.00 bits per heavy atom. The number of carboxylic acid groups (broad SMARTS) is 1. The van der Waals surface area contributed by atoms with Gasteiger partial charge in [0, 0.05) is 25.6 Å². The van der Waals surface area contributed by atoms with E-state index in [-0.39, 0.29) is 18.0 Å². The SMILES string of the molecule is CN(CC(=O)Nc1cncc(C(=O)O)c1)c1ncccn1. The van der Waals surface area contributed by atoms with Crippen LogP contribution in [0.5, 0.6) is 0 Å². The highest BCUT2D eigenvalue weighted by Crippen LogP contribution is 2.09. The predicted octanol–water partition coefficient (Wildman–Crippen LogP) is 0.645. The monoisotopic (exact) mass is 287 g/mol. The summed E-state index contributed by atoms with van der Waals surface area (Å²) in [7, 11) is 1.68. The second-order valence-corrected chi connectivity index (χ2v) is 4.22. The van der Waals surface area contributed by atoms with Crippen LogP contribution in [0.15, 0.2) is 36.9 Å². The van der Waals surface area contributed by atoms with E-state index >= 15 is 0 Å². The summed E-state index contributed by atoms with van der Waals surface area (Å²) in [5.74, 6) is -1.01. The molecule has 2 rings (SSSR count). The third-order valence-corrected chi connectivity index (χ3v) is 2.54. The molecular formula is C13H13N5O3. The van der Waals surface area contributed by atoms with E-state index in [9.17, 15) is 9.59 Å². The summed E-state index contributed by atoms with van der Waals surface area (Å²) in [6.07, 6.45) is 5.75. The second kappa shape index (κ2) is 6.42. The summed E-state index contributed by atoms with van der Waals surface area (Å²) >= 11 is 0. The number of rotatable bonds is 5. The molecule has 0 aromatic carbocycles. The number of carboxylic acids is 1. The van der Waals surface area contributed by atoms with E-state index in [4.69, 9.17) is 5.11 Å². The molecule has 0 spiro atoms. The minimum atomic E-state index is -1.10. The van der Waals surface area contributed by atoms with E-state index in [1.54, 1.807) is 30.4 Å². The van der Waals surface area contributed by atoms with E-state index < -0.39 is 5.97 Å². The van der Waals surface area contributed by atoms with Crippen molar-refractivity contribution in [3.63, 3.8) is 0 Å². The maximum absolute atomic E-state index is 11.9. The summed E-state index contributed by atoms with van der Waals surface area (Å²) in [5, 5.41) is 11.4. The molecule has 0 aliphatic rings. The van der Waals surface area contributed by atoms with Gasteiger partial charge in [0.1, 0.15) is 0 Å². The van der Waals surface area contributed by atoms with Crippen molar-refractivity contribution < 1.29 is 14.7 Å². The summed E-state index contributed by atoms with van der Waals surface area (Å²) in [5.41, 5.74) is 0.329. The molecule has 8 nitrogen and oxygen atoms in total. The summed E-state index contributed by atoms with van der Waals surface area (Å²) in [6.45, 7) is 0.0291. The highest BCUT2D eigenvalue weighted by atomic mass is 16.4. The molecule has 2 aromatic rings. The van der Waals surface area contributed by atoms with Gasteiger partial charge in [-0.1, -0.05) is 0 Å². The summed E-state index contributed by atoms with van der Waals surface area (Å²) in [4.78, 5) is 36.1. The van der Waals surface area contributed by atoms with Gasteiger partial charge in [-0.25, -0.2) is 14.8 Å². The highest BCUT2D eigenvalue weighted by Gasteiger charge is 2.11. The first-order chi connectivity index (χ1) is 10.1. The molecule has 0 aliphatic carbocycles. The zero-order chi connectivity index (χ0) is 15.2. The zero-order valence-electron chi connectivity index (χ0n) is 11.2. The standard InChI is InChI=1S/C13H13N5O3/c1-18(13-15-3-2-4-16-13)8-11(19)17-10-5-9(12(20)21)6-14-7-10/h2-7H,8H2,1H3,(H,17,19)(H,20,21). The van der Waals surface area contributed by atoms with E-state index in [0.29, 0.717) is 11.6 Å². The number of likely N-dealkylation sites (N-methyl/N-ethyl adjacent to an activating group) is 1. The number of carbonyl (C=O) groups is 2. The molecule has 0 radical (unpaired) electrons. The van der Waals surface area contributed by atoms with E-state index in [1.807, 2.05) is 0 Å². The van der Waals surface area contributed by atoms with Crippen LogP contribution in [0.2, 0.25) is 0 Å². The molecular weight excluding hydrogens is 274 g/mol. The lowest BCUT2D eigenvalue weighted by atomic mass is 10.2. The number of hydrogen-bond acceptors (Lipinski definition) is 6. The van der Waals surface area contributed by atoms with Gasteiger partial charge in [-0.15, -0.1) is 0 Å². The first kappa shape index (κ1) is 14.4. The Morgan fingerprint density at radius 3 is 2.67 bits per heavy atom. The number of anilines is 2. The highest BCUT2D eigenvalue weighted by molar-refractivity contribution is 5.95. The normalized spacial score (nSPS) is 9.95. The second-order valence-electron chi connectivity index (χ2n) is 4.22. The Kier molecular flexibility index (Phi) is 4.39. The van der Waals surface area contributed by atoms with E-state index in [0.717, 1.165) is 0 Å². The summed E-state index contributed by atoms with van der Waals surface area (Å²) in [6, 6.07) is 3.02. The summed E-state index contributed by atoms with van der Waals surface area (Å²) < 4.78 is 0. The van der Waals surface area contributed by atoms with Gasteiger partial charge in [0.15, 0.2) is 0 Å². The van der Waals surface area contributed by atoms with Gasteiger partial charge in [-0.05, 0) is 12.1 Å². The Morgan fingerprint density at radius 1 is 1.29 bits per heavy atom. The molecule has 0 aliphatic heterocycles. The Balaban J connectivity index is 1.99. The molecule has 2 heterocycles. The van der Waals surface area contributed by atoms with Crippen LogP contribution in [0.1, 0.15) is 10.4 Å². The number of nitrogens with one attached hydrogen (secondary N) is 1. The molecule has 0 atom stereocenters. The molecule has 1 amide bonds. The molecule has 0 saturated heterocycles. The van der Waals surface area contributed by atoms with Crippen LogP contribution in [0.25, 0.3) is 0 Å². The van der Waals surface area contributed by atoms with Crippen molar-refractivity contribution in [1.82, 2.24) is 15.0 Å². The quantitative estimate of drug-likeness (QED) is 0.830. The molecule has 0 unspecified atom stereocenters. The molecule has 8 heteroatoms. The van der Waals surface area contributed by atoms with Crippen molar-refractivity contribution in [1.29, 1.82) is 0 Å². The fourth-order valence-corrected chi connectivity index (χ4v) is 1.60. The maximum atomic E-state index is 11.9. The molecule has 2 aromatic heterocycles. The van der Waals surface area contributed by atoms with Crippen LogP contribution in [0.3, 0.4) is 0 Å². The van der Waals surface area contributed by atoms with Gasteiger partial charge >= 0.3 is 5.97 Å². The van der Waals surface area contributed by atoms with Gasteiger partial charge in [0.25, 0.3) is 0 Å². The number of hydrogen-bond donors (Lipinski definition) is 2. The number of aromatic carboxylic acids is 1. The molecule has 108 valence electrons. The number of nitrogens with zero attached hydrogens (tertiary/aromatic N) is 4. The van der Waals surface area contributed by atoms with Gasteiger partial charge in [0.2, 0.25) is 11.9 Å². The molecule has 0 fully saturated rings. The molecule has 0 saturated carbocycles. The number of amides is 1. The van der Waals surface area contributed by atoms with Gasteiger partial charge in [-0.2, -0.15) is 0 Å². The molecule has 21 heavy (non-hydrogen) atoms. The fraction of sp³-hybridized carbons (Fsp3) is 0.154. The third-order valence-electron chi connectivity index (χ3n) is 2.54. The topological polar surface area (TPSA) is 108 Å². The van der Waals surface area contributed by atoms with Crippen molar-refractivity contribution in [3.8, 4) is 0 Å². The van der Waals surface area contributed by atoms with Crippen molar-refractivity contribution in [3.05, 3.63) is 42.5 Å². The van der Waals surface area contributed by atoms with Crippen molar-refractivity contribution in [2.75, 3.05) is 23.8 Å². The smallest absolute Gasteiger partial charge is 0.337 e.